The van der Waals surface area contributed by atoms with Crippen molar-refractivity contribution >= 4 is 11.9 Å². The zero-order valence-corrected chi connectivity index (χ0v) is 9.98. The molecule has 9 heteroatoms. The highest BCUT2D eigenvalue weighted by Gasteiger charge is 2.46. The van der Waals surface area contributed by atoms with Gasteiger partial charge in [0.25, 0.3) is 0 Å². The summed E-state index contributed by atoms with van der Waals surface area (Å²) >= 11 is 0. The van der Waals surface area contributed by atoms with Crippen molar-refractivity contribution in [3.63, 3.8) is 0 Å². The van der Waals surface area contributed by atoms with Gasteiger partial charge in [-0.1, -0.05) is 0 Å². The Balaban J connectivity index is 1.72. The van der Waals surface area contributed by atoms with Gasteiger partial charge in [0, 0.05) is 30.9 Å². The van der Waals surface area contributed by atoms with Gasteiger partial charge < -0.3 is 24.9 Å². The third-order valence-corrected chi connectivity index (χ3v) is 3.63. The van der Waals surface area contributed by atoms with Crippen molar-refractivity contribution < 1.29 is 19.6 Å². The van der Waals surface area contributed by atoms with Gasteiger partial charge in [-0.25, -0.2) is 4.79 Å². The lowest BCUT2D eigenvalue weighted by Crippen LogP contribution is -2.49. The van der Waals surface area contributed by atoms with Crippen molar-refractivity contribution in [2.24, 2.45) is 0 Å². The minimum absolute atomic E-state index is 0.229. The summed E-state index contributed by atoms with van der Waals surface area (Å²) in [4.78, 5) is 26.0. The van der Waals surface area contributed by atoms with Crippen LogP contribution in [0.5, 0.6) is 6.01 Å². The molecule has 2 aliphatic heterocycles. The molecule has 0 aromatic carbocycles. The number of nitro groups is 1. The van der Waals surface area contributed by atoms with Crippen LogP contribution in [-0.2, 0) is 6.54 Å². The SMILES string of the molecule is O=C(O)N1CCC2(CC1)Cn1cc([N+](=O)[O-])nc1O2. The molecule has 19 heavy (non-hydrogen) atoms. The van der Waals surface area contributed by atoms with Crippen molar-refractivity contribution in [3.05, 3.63) is 16.3 Å². The largest absolute Gasteiger partial charge is 0.465 e. The lowest BCUT2D eigenvalue weighted by Gasteiger charge is -2.36. The lowest BCUT2D eigenvalue weighted by atomic mass is 9.92. The van der Waals surface area contributed by atoms with Gasteiger partial charge in [-0.2, -0.15) is 0 Å². The monoisotopic (exact) mass is 268 g/mol. The van der Waals surface area contributed by atoms with Crippen molar-refractivity contribution in [2.75, 3.05) is 13.1 Å². The number of ether oxygens (including phenoxy) is 1. The molecule has 3 heterocycles. The molecule has 1 saturated heterocycles. The summed E-state index contributed by atoms with van der Waals surface area (Å²) in [6.45, 7) is 1.29. The fourth-order valence-electron chi connectivity index (χ4n) is 2.57. The summed E-state index contributed by atoms with van der Waals surface area (Å²) in [6.07, 6.45) is 1.56. The molecule has 0 radical (unpaired) electrons. The molecule has 0 aliphatic carbocycles. The number of likely N-dealkylation sites (tertiary alicyclic amines) is 1. The highest BCUT2D eigenvalue weighted by molar-refractivity contribution is 5.65. The molecule has 0 saturated carbocycles. The molecule has 1 aromatic rings. The first-order chi connectivity index (χ1) is 8.99. The Bertz CT molecular complexity index is 521. The molecule has 1 fully saturated rings. The van der Waals surface area contributed by atoms with E-state index in [1.807, 2.05) is 0 Å². The second-order valence-electron chi connectivity index (χ2n) is 4.82. The number of aromatic nitrogens is 2. The smallest absolute Gasteiger partial charge is 0.415 e. The maximum atomic E-state index is 10.8. The second-order valence-corrected chi connectivity index (χ2v) is 4.82. The Morgan fingerprint density at radius 2 is 2.21 bits per heavy atom. The number of rotatable bonds is 1. The Labute approximate surface area is 107 Å². The van der Waals surface area contributed by atoms with Gasteiger partial charge in [0.2, 0.25) is 0 Å². The average molecular weight is 268 g/mol. The van der Waals surface area contributed by atoms with Crippen LogP contribution in [0.15, 0.2) is 6.20 Å². The van der Waals surface area contributed by atoms with E-state index < -0.39 is 16.6 Å². The molecule has 1 spiro atoms. The third kappa shape index (κ3) is 1.86. The van der Waals surface area contributed by atoms with E-state index in [1.165, 1.54) is 11.1 Å². The van der Waals surface area contributed by atoms with Gasteiger partial charge >= 0.3 is 17.9 Å². The zero-order valence-electron chi connectivity index (χ0n) is 9.98. The van der Waals surface area contributed by atoms with E-state index in [0.29, 0.717) is 32.5 Å². The van der Waals surface area contributed by atoms with Gasteiger partial charge in [-0.15, -0.1) is 0 Å². The van der Waals surface area contributed by atoms with E-state index in [4.69, 9.17) is 9.84 Å². The van der Waals surface area contributed by atoms with Gasteiger partial charge in [0.1, 0.15) is 11.8 Å². The van der Waals surface area contributed by atoms with Crippen LogP contribution < -0.4 is 4.74 Å². The number of piperidine rings is 1. The number of amides is 1. The Morgan fingerprint density at radius 3 is 2.74 bits per heavy atom. The standard InChI is InChI=1S/C10H12N4O5/c15-9(16)12-3-1-10(2-4-12)6-13-5-7(14(17)18)11-8(13)19-10/h5H,1-4,6H2,(H,15,16). The van der Waals surface area contributed by atoms with Crippen molar-refractivity contribution in [2.45, 2.75) is 25.0 Å². The van der Waals surface area contributed by atoms with Crippen molar-refractivity contribution in [3.8, 4) is 6.01 Å². The van der Waals surface area contributed by atoms with E-state index in [2.05, 4.69) is 4.98 Å². The molecule has 1 amide bonds. The highest BCUT2D eigenvalue weighted by atomic mass is 16.6. The lowest BCUT2D eigenvalue weighted by molar-refractivity contribution is -0.389. The fraction of sp³-hybridized carbons (Fsp3) is 0.600. The maximum absolute atomic E-state index is 10.8. The topological polar surface area (TPSA) is 111 Å². The van der Waals surface area contributed by atoms with Crippen LogP contribution in [0.1, 0.15) is 12.8 Å². The van der Waals surface area contributed by atoms with Crippen LogP contribution in [0.3, 0.4) is 0 Å². The maximum Gasteiger partial charge on any atom is 0.415 e. The van der Waals surface area contributed by atoms with Gasteiger partial charge in [-0.3, -0.25) is 4.57 Å². The molecule has 9 nitrogen and oxygen atoms in total. The molecule has 0 unspecified atom stereocenters. The predicted octanol–water partition coefficient (Wildman–Crippen LogP) is 0.696. The number of fused-ring (bicyclic) bond motifs is 1. The summed E-state index contributed by atoms with van der Waals surface area (Å²) in [7, 11) is 0. The number of hydrogen-bond acceptors (Lipinski definition) is 5. The summed E-state index contributed by atoms with van der Waals surface area (Å²) in [5, 5.41) is 19.5. The van der Waals surface area contributed by atoms with E-state index >= 15 is 0 Å². The number of nitrogens with zero attached hydrogens (tertiary/aromatic N) is 4. The third-order valence-electron chi connectivity index (χ3n) is 3.63. The number of imidazole rings is 1. The minimum atomic E-state index is -0.929. The van der Waals surface area contributed by atoms with E-state index in [9.17, 15) is 14.9 Å². The Morgan fingerprint density at radius 1 is 1.53 bits per heavy atom. The number of carboxylic acid groups (broad SMARTS) is 1. The fourth-order valence-corrected chi connectivity index (χ4v) is 2.57. The first-order valence-corrected chi connectivity index (χ1v) is 5.88. The van der Waals surface area contributed by atoms with E-state index in [1.54, 1.807) is 4.57 Å². The van der Waals surface area contributed by atoms with Crippen molar-refractivity contribution in [1.82, 2.24) is 14.5 Å². The molecule has 102 valence electrons. The van der Waals surface area contributed by atoms with Gasteiger partial charge in [0.15, 0.2) is 0 Å². The molecule has 1 aromatic heterocycles. The van der Waals surface area contributed by atoms with Crippen LogP contribution in [-0.4, -0.2) is 49.3 Å². The Hall–Kier alpha value is -2.32. The summed E-state index contributed by atoms with van der Waals surface area (Å²) in [5.41, 5.74) is -0.469. The summed E-state index contributed by atoms with van der Waals surface area (Å²) in [6, 6.07) is 0.246. The molecule has 0 bridgehead atoms. The molecule has 0 atom stereocenters. The van der Waals surface area contributed by atoms with Gasteiger partial charge in [0.05, 0.1) is 6.54 Å². The quantitative estimate of drug-likeness (QED) is 0.592. The predicted molar refractivity (Wildman–Crippen MR) is 61.1 cm³/mol. The normalized spacial score (nSPS) is 20.1. The van der Waals surface area contributed by atoms with Crippen LogP contribution >= 0.6 is 0 Å². The minimum Gasteiger partial charge on any atom is -0.465 e. The van der Waals surface area contributed by atoms with Crippen molar-refractivity contribution in [1.29, 1.82) is 0 Å². The molecule has 2 aliphatic rings. The molecular weight excluding hydrogens is 256 g/mol. The van der Waals surface area contributed by atoms with Gasteiger partial charge in [-0.05, 0) is 4.92 Å². The van der Waals surface area contributed by atoms with Crippen LogP contribution in [0, 0.1) is 10.1 Å². The number of carbonyl (C=O) groups is 1. The van der Waals surface area contributed by atoms with Crippen LogP contribution in [0.25, 0.3) is 0 Å². The average Bonchev–Trinajstić information content (AvgIpc) is 2.85. The Kier molecular flexibility index (Phi) is 2.37. The first kappa shape index (κ1) is 11.8. The van der Waals surface area contributed by atoms with Crippen LogP contribution in [0.2, 0.25) is 0 Å². The van der Waals surface area contributed by atoms with E-state index in [-0.39, 0.29) is 11.8 Å². The molecule has 1 N–H and O–H groups in total. The molecular formula is C10H12N4O5. The highest BCUT2D eigenvalue weighted by Crippen LogP contribution is 2.37. The first-order valence-electron chi connectivity index (χ1n) is 5.88. The summed E-state index contributed by atoms with van der Waals surface area (Å²) < 4.78 is 7.34. The van der Waals surface area contributed by atoms with E-state index in [0.717, 1.165) is 0 Å². The zero-order chi connectivity index (χ0) is 13.6. The van der Waals surface area contributed by atoms with Crippen LogP contribution in [0.4, 0.5) is 10.6 Å². The molecule has 3 rings (SSSR count). The summed E-state index contributed by atoms with van der Waals surface area (Å²) in [5.74, 6) is -0.229. The number of hydrogen-bond donors (Lipinski definition) is 1. The second kappa shape index (κ2) is 3.84.